The molecule has 2 N–H and O–H groups in total. The van der Waals surface area contributed by atoms with Gasteiger partial charge in [-0.1, -0.05) is 55.8 Å². The topological polar surface area (TPSA) is 87.7 Å². The first-order chi connectivity index (χ1) is 18.7. The lowest BCUT2D eigenvalue weighted by atomic mass is 9.93. The highest BCUT2D eigenvalue weighted by atomic mass is 35.5. The number of carbonyl (C=O) groups is 1. The molecule has 3 aromatic carbocycles. The first kappa shape index (κ1) is 26.6. The second-order valence-electron chi connectivity index (χ2n) is 10.4. The highest BCUT2D eigenvalue weighted by molar-refractivity contribution is 6.31. The lowest BCUT2D eigenvalue weighted by molar-refractivity contribution is 0.0730. The number of aryl methyl sites for hydroxylation is 2. The molecule has 0 aliphatic carbocycles. The maximum Gasteiger partial charge on any atom is 0.273 e. The van der Waals surface area contributed by atoms with Crippen LogP contribution in [0, 0.1) is 19.8 Å². The molecule has 1 amide bonds. The third kappa shape index (κ3) is 4.94. The molecule has 1 atom stereocenters. The molecule has 0 saturated heterocycles. The van der Waals surface area contributed by atoms with Gasteiger partial charge in [-0.25, -0.2) is 0 Å². The summed E-state index contributed by atoms with van der Waals surface area (Å²) in [5.41, 5.74) is 5.58. The van der Waals surface area contributed by atoms with Crippen LogP contribution < -0.4 is 9.47 Å². The molecule has 202 valence electrons. The summed E-state index contributed by atoms with van der Waals surface area (Å²) in [5.74, 6) is 1.51. The quantitative estimate of drug-likeness (QED) is 0.253. The summed E-state index contributed by atoms with van der Waals surface area (Å²) < 4.78 is 11.7. The molecule has 1 aromatic heterocycles. The van der Waals surface area contributed by atoms with Gasteiger partial charge < -0.3 is 19.5 Å². The normalized spacial score (nSPS) is 14.7. The van der Waals surface area contributed by atoms with Crippen LogP contribution in [0.25, 0.3) is 11.3 Å². The number of aromatic nitrogens is 2. The zero-order valence-electron chi connectivity index (χ0n) is 22.7. The first-order valence-corrected chi connectivity index (χ1v) is 13.3. The minimum Gasteiger partial charge on any atom is -0.507 e. The number of nitrogens with zero attached hydrogens (tertiary/aromatic N) is 2. The number of aromatic hydroxyl groups is 1. The van der Waals surface area contributed by atoms with E-state index >= 15 is 0 Å². The standard InChI is InChI=1S/C31H32ClN3O4/c1-17(2)16-39-24-11-10-20(14-25(24)38-5)29-26-27(22-13-18(3)12-19(4)30(22)36)33-34-28(26)31(37)35(29)15-21-8-6-7-9-23(21)32/h6-14,17,29,36H,15-16H2,1-5H3,(H,33,34). The van der Waals surface area contributed by atoms with Gasteiger partial charge in [-0.05, 0) is 66.3 Å². The highest BCUT2D eigenvalue weighted by Crippen LogP contribution is 2.47. The zero-order chi connectivity index (χ0) is 27.8. The van der Waals surface area contributed by atoms with Crippen LogP contribution in [-0.2, 0) is 6.54 Å². The van der Waals surface area contributed by atoms with Crippen molar-refractivity contribution in [3.05, 3.63) is 93.1 Å². The summed E-state index contributed by atoms with van der Waals surface area (Å²) in [4.78, 5) is 15.6. The predicted octanol–water partition coefficient (Wildman–Crippen LogP) is 6.84. The second kappa shape index (κ2) is 10.7. The summed E-state index contributed by atoms with van der Waals surface area (Å²) in [6.07, 6.45) is 0. The van der Waals surface area contributed by atoms with Gasteiger partial charge in [-0.3, -0.25) is 9.89 Å². The van der Waals surface area contributed by atoms with Crippen molar-refractivity contribution in [1.82, 2.24) is 15.1 Å². The Hall–Kier alpha value is -3.97. The first-order valence-electron chi connectivity index (χ1n) is 12.9. The number of hydrogen-bond donors (Lipinski definition) is 2. The van der Waals surface area contributed by atoms with Crippen LogP contribution in [0.15, 0.2) is 54.6 Å². The number of phenols is 1. The number of methoxy groups -OCH3 is 1. The van der Waals surface area contributed by atoms with E-state index in [1.165, 1.54) is 0 Å². The van der Waals surface area contributed by atoms with Gasteiger partial charge in [0.15, 0.2) is 11.5 Å². The van der Waals surface area contributed by atoms with Crippen molar-refractivity contribution >= 4 is 17.5 Å². The molecule has 0 bridgehead atoms. The average Bonchev–Trinajstić information content (AvgIpc) is 3.45. The van der Waals surface area contributed by atoms with E-state index in [2.05, 4.69) is 24.0 Å². The van der Waals surface area contributed by atoms with Gasteiger partial charge in [0.05, 0.1) is 19.8 Å². The van der Waals surface area contributed by atoms with Crippen molar-refractivity contribution in [2.75, 3.05) is 13.7 Å². The molecule has 2 heterocycles. The van der Waals surface area contributed by atoms with Gasteiger partial charge in [0.1, 0.15) is 17.1 Å². The smallest absolute Gasteiger partial charge is 0.273 e. The third-order valence-electron chi connectivity index (χ3n) is 6.94. The summed E-state index contributed by atoms with van der Waals surface area (Å²) >= 11 is 6.51. The lowest BCUT2D eigenvalue weighted by Crippen LogP contribution is -2.29. The molecule has 39 heavy (non-hydrogen) atoms. The highest BCUT2D eigenvalue weighted by Gasteiger charge is 2.43. The number of rotatable bonds is 8. The molecule has 0 radical (unpaired) electrons. The maximum absolute atomic E-state index is 13.9. The Balaban J connectivity index is 1.67. The van der Waals surface area contributed by atoms with Gasteiger partial charge in [0.25, 0.3) is 5.91 Å². The Morgan fingerprint density at radius 1 is 1.10 bits per heavy atom. The Labute approximate surface area is 233 Å². The van der Waals surface area contributed by atoms with E-state index in [1.807, 2.05) is 68.4 Å². The average molecular weight is 546 g/mol. The summed E-state index contributed by atoms with van der Waals surface area (Å²) in [5, 5.41) is 19.1. The van der Waals surface area contributed by atoms with E-state index in [0.717, 1.165) is 22.3 Å². The number of fused-ring (bicyclic) bond motifs is 1. The minimum atomic E-state index is -0.509. The molecule has 8 heteroatoms. The molecule has 0 fully saturated rings. The molecular formula is C31H32ClN3O4. The Bertz CT molecular complexity index is 1550. The predicted molar refractivity (Wildman–Crippen MR) is 152 cm³/mol. The molecular weight excluding hydrogens is 514 g/mol. The van der Waals surface area contributed by atoms with Crippen LogP contribution in [-0.4, -0.2) is 39.8 Å². The van der Waals surface area contributed by atoms with Crippen LogP contribution in [0.4, 0.5) is 0 Å². The Kier molecular flexibility index (Phi) is 7.28. The van der Waals surface area contributed by atoms with Crippen LogP contribution in [0.2, 0.25) is 5.02 Å². The number of ether oxygens (including phenoxy) is 2. The van der Waals surface area contributed by atoms with Crippen molar-refractivity contribution < 1.29 is 19.4 Å². The summed E-state index contributed by atoms with van der Waals surface area (Å²) in [6.45, 7) is 8.84. The molecule has 1 unspecified atom stereocenters. The molecule has 7 nitrogen and oxygen atoms in total. The van der Waals surface area contributed by atoms with E-state index in [4.69, 9.17) is 21.1 Å². The third-order valence-corrected chi connectivity index (χ3v) is 7.31. The maximum atomic E-state index is 13.9. The number of carbonyl (C=O) groups excluding carboxylic acids is 1. The number of H-pyrrole nitrogens is 1. The van der Waals surface area contributed by atoms with E-state index in [9.17, 15) is 9.90 Å². The van der Waals surface area contributed by atoms with Crippen LogP contribution in [0.1, 0.15) is 58.2 Å². The van der Waals surface area contributed by atoms with Gasteiger partial charge >= 0.3 is 0 Å². The number of amides is 1. The van der Waals surface area contributed by atoms with Crippen molar-refractivity contribution in [1.29, 1.82) is 0 Å². The van der Waals surface area contributed by atoms with E-state index < -0.39 is 6.04 Å². The Morgan fingerprint density at radius 2 is 1.87 bits per heavy atom. The van der Waals surface area contributed by atoms with E-state index in [1.54, 1.807) is 12.0 Å². The van der Waals surface area contributed by atoms with E-state index in [-0.39, 0.29) is 18.2 Å². The van der Waals surface area contributed by atoms with Gasteiger partial charge in [-0.2, -0.15) is 5.10 Å². The largest absolute Gasteiger partial charge is 0.507 e. The van der Waals surface area contributed by atoms with Crippen molar-refractivity contribution in [2.45, 2.75) is 40.3 Å². The number of benzene rings is 3. The van der Waals surface area contributed by atoms with Crippen molar-refractivity contribution in [3.63, 3.8) is 0 Å². The van der Waals surface area contributed by atoms with Gasteiger partial charge in [-0.15, -0.1) is 0 Å². The second-order valence-corrected chi connectivity index (χ2v) is 10.8. The molecule has 0 spiro atoms. The molecule has 4 aromatic rings. The fourth-order valence-corrected chi connectivity index (χ4v) is 5.29. The lowest BCUT2D eigenvalue weighted by Gasteiger charge is -2.27. The number of hydrogen-bond acceptors (Lipinski definition) is 5. The number of phenolic OH excluding ortho intramolecular Hbond substituents is 1. The molecule has 5 rings (SSSR count). The van der Waals surface area contributed by atoms with Crippen LogP contribution in [0.3, 0.4) is 0 Å². The summed E-state index contributed by atoms with van der Waals surface area (Å²) in [6, 6.07) is 16.5. The Morgan fingerprint density at radius 3 is 2.59 bits per heavy atom. The SMILES string of the molecule is COc1cc(C2c3c(-c4cc(C)cc(C)c4O)n[nH]c3C(=O)N2Cc2ccccc2Cl)ccc1OCC(C)C. The van der Waals surface area contributed by atoms with Crippen molar-refractivity contribution in [3.8, 4) is 28.5 Å². The minimum absolute atomic E-state index is 0.140. The fourth-order valence-electron chi connectivity index (χ4n) is 5.09. The number of nitrogens with one attached hydrogen (secondary N) is 1. The summed E-state index contributed by atoms with van der Waals surface area (Å²) in [7, 11) is 1.60. The van der Waals surface area contributed by atoms with Crippen molar-refractivity contribution in [2.24, 2.45) is 5.92 Å². The van der Waals surface area contributed by atoms with Gasteiger partial charge in [0.2, 0.25) is 0 Å². The number of aromatic amines is 1. The molecule has 1 aliphatic heterocycles. The van der Waals surface area contributed by atoms with Gasteiger partial charge in [0, 0.05) is 22.7 Å². The van der Waals surface area contributed by atoms with Crippen LogP contribution in [0.5, 0.6) is 17.2 Å². The molecule has 1 aliphatic rings. The van der Waals surface area contributed by atoms with E-state index in [0.29, 0.717) is 51.6 Å². The molecule has 0 saturated carbocycles. The zero-order valence-corrected chi connectivity index (χ0v) is 23.5. The fraction of sp³-hybridized carbons (Fsp3) is 0.290. The van der Waals surface area contributed by atoms with Crippen LogP contribution >= 0.6 is 11.6 Å². The number of halogens is 1. The monoisotopic (exact) mass is 545 g/mol.